The summed E-state index contributed by atoms with van der Waals surface area (Å²) in [6.07, 6.45) is 5.24. The zero-order chi connectivity index (χ0) is 17.4. The second-order valence-corrected chi connectivity index (χ2v) is 5.90. The molecule has 0 spiro atoms. The first-order valence-electron chi connectivity index (χ1n) is 7.60. The molecule has 25 heavy (non-hydrogen) atoms. The summed E-state index contributed by atoms with van der Waals surface area (Å²) >= 11 is 12.3. The summed E-state index contributed by atoms with van der Waals surface area (Å²) in [6.45, 7) is 3.93. The van der Waals surface area contributed by atoms with Crippen LogP contribution in [0.2, 0.25) is 10.0 Å². The Morgan fingerprint density at radius 2 is 1.80 bits per heavy atom. The molecule has 0 aliphatic heterocycles. The highest BCUT2D eigenvalue weighted by atomic mass is 35.5. The van der Waals surface area contributed by atoms with Crippen LogP contribution in [0.25, 0.3) is 0 Å². The largest absolute Gasteiger partial charge is 0.490 e. The van der Waals surface area contributed by atoms with Crippen LogP contribution in [0.1, 0.15) is 18.1 Å². The molecule has 0 atom stereocenters. The average molecular weight is 401 g/mol. The Balaban J connectivity index is 0.00000312. The SMILES string of the molecule is C#CCNCc1cc(Cl)c(OCc2ccc(Cl)cc2)c(OCC)c1.Cl. The summed E-state index contributed by atoms with van der Waals surface area (Å²) in [5.41, 5.74) is 1.98. The maximum Gasteiger partial charge on any atom is 0.180 e. The van der Waals surface area contributed by atoms with Gasteiger partial charge in [-0.25, -0.2) is 0 Å². The van der Waals surface area contributed by atoms with Crippen LogP contribution in [0.5, 0.6) is 11.5 Å². The number of ether oxygens (including phenoxy) is 2. The lowest BCUT2D eigenvalue weighted by atomic mass is 10.2. The van der Waals surface area contributed by atoms with E-state index in [1.165, 1.54) is 0 Å². The number of hydrogen-bond donors (Lipinski definition) is 1. The molecular formula is C19H20Cl3NO2. The number of halogens is 3. The van der Waals surface area contributed by atoms with E-state index >= 15 is 0 Å². The predicted octanol–water partition coefficient (Wildman–Crippen LogP) is 5.12. The van der Waals surface area contributed by atoms with E-state index in [9.17, 15) is 0 Å². The lowest BCUT2D eigenvalue weighted by Crippen LogP contribution is -2.13. The van der Waals surface area contributed by atoms with Crippen molar-refractivity contribution in [3.8, 4) is 23.8 Å². The first kappa shape index (κ1) is 21.5. The minimum Gasteiger partial charge on any atom is -0.490 e. The van der Waals surface area contributed by atoms with E-state index in [4.69, 9.17) is 39.1 Å². The Kier molecular flexibility index (Phi) is 9.55. The number of hydrogen-bond acceptors (Lipinski definition) is 3. The summed E-state index contributed by atoms with van der Waals surface area (Å²) in [4.78, 5) is 0. The summed E-state index contributed by atoms with van der Waals surface area (Å²) < 4.78 is 11.5. The maximum atomic E-state index is 6.38. The van der Waals surface area contributed by atoms with Gasteiger partial charge in [-0.05, 0) is 42.3 Å². The van der Waals surface area contributed by atoms with E-state index in [0.717, 1.165) is 11.1 Å². The molecule has 0 radical (unpaired) electrons. The van der Waals surface area contributed by atoms with E-state index in [1.54, 1.807) is 0 Å². The van der Waals surface area contributed by atoms with Crippen molar-refractivity contribution in [1.82, 2.24) is 5.32 Å². The maximum absolute atomic E-state index is 6.38. The Labute approximate surface area is 165 Å². The molecule has 0 unspecified atom stereocenters. The molecule has 0 amide bonds. The molecule has 0 aliphatic carbocycles. The van der Waals surface area contributed by atoms with Crippen molar-refractivity contribution in [2.75, 3.05) is 13.2 Å². The van der Waals surface area contributed by atoms with Crippen LogP contribution in [-0.4, -0.2) is 13.2 Å². The van der Waals surface area contributed by atoms with Crippen molar-refractivity contribution in [2.24, 2.45) is 0 Å². The van der Waals surface area contributed by atoms with Crippen molar-refractivity contribution in [3.63, 3.8) is 0 Å². The molecule has 2 rings (SSSR count). The van der Waals surface area contributed by atoms with Gasteiger partial charge in [0.1, 0.15) is 6.61 Å². The summed E-state index contributed by atoms with van der Waals surface area (Å²) in [5, 5.41) is 4.32. The summed E-state index contributed by atoms with van der Waals surface area (Å²) in [7, 11) is 0. The van der Waals surface area contributed by atoms with Gasteiger partial charge in [-0.15, -0.1) is 18.8 Å². The molecule has 0 heterocycles. The highest BCUT2D eigenvalue weighted by Crippen LogP contribution is 2.37. The average Bonchev–Trinajstić information content (AvgIpc) is 2.56. The summed E-state index contributed by atoms with van der Waals surface area (Å²) in [5.74, 6) is 3.69. The fourth-order valence-corrected chi connectivity index (χ4v) is 2.56. The lowest BCUT2D eigenvalue weighted by Gasteiger charge is -2.15. The topological polar surface area (TPSA) is 30.5 Å². The molecule has 0 aliphatic rings. The normalized spacial score (nSPS) is 9.84. The van der Waals surface area contributed by atoms with Crippen molar-refractivity contribution in [1.29, 1.82) is 0 Å². The van der Waals surface area contributed by atoms with Gasteiger partial charge in [0.05, 0.1) is 18.2 Å². The number of terminal acetylenes is 1. The molecule has 3 nitrogen and oxygen atoms in total. The second kappa shape index (κ2) is 11.1. The van der Waals surface area contributed by atoms with Crippen LogP contribution in [0.4, 0.5) is 0 Å². The van der Waals surface area contributed by atoms with Gasteiger partial charge in [-0.2, -0.15) is 0 Å². The number of rotatable bonds is 8. The first-order chi connectivity index (χ1) is 11.6. The quantitative estimate of drug-likeness (QED) is 0.493. The molecule has 2 aromatic rings. The highest BCUT2D eigenvalue weighted by Gasteiger charge is 2.13. The van der Waals surface area contributed by atoms with Crippen LogP contribution < -0.4 is 14.8 Å². The van der Waals surface area contributed by atoms with E-state index in [2.05, 4.69) is 11.2 Å². The standard InChI is InChI=1S/C19H19Cl2NO2.ClH/c1-3-9-22-12-15-10-17(21)19(18(11-15)23-4-2)24-13-14-5-7-16(20)8-6-14;/h1,5-8,10-11,22H,4,9,12-13H2,2H3;1H. The Bertz CT molecular complexity index is 712. The van der Waals surface area contributed by atoms with Crippen molar-refractivity contribution < 1.29 is 9.47 Å². The van der Waals surface area contributed by atoms with Crippen molar-refractivity contribution in [3.05, 3.63) is 57.6 Å². The zero-order valence-electron chi connectivity index (χ0n) is 13.9. The van der Waals surface area contributed by atoms with Gasteiger partial charge >= 0.3 is 0 Å². The predicted molar refractivity (Wildman–Crippen MR) is 106 cm³/mol. The summed E-state index contributed by atoms with van der Waals surface area (Å²) in [6, 6.07) is 11.2. The van der Waals surface area contributed by atoms with Gasteiger partial charge < -0.3 is 14.8 Å². The zero-order valence-corrected chi connectivity index (χ0v) is 16.2. The fraction of sp³-hybridized carbons (Fsp3) is 0.263. The molecule has 134 valence electrons. The molecule has 6 heteroatoms. The van der Waals surface area contributed by atoms with Crippen LogP contribution >= 0.6 is 35.6 Å². The molecule has 0 aromatic heterocycles. The van der Waals surface area contributed by atoms with Crippen LogP contribution in [-0.2, 0) is 13.2 Å². The third-order valence-electron chi connectivity index (χ3n) is 3.22. The van der Waals surface area contributed by atoms with E-state index in [0.29, 0.717) is 47.8 Å². The van der Waals surface area contributed by atoms with Gasteiger partial charge in [0.25, 0.3) is 0 Å². The number of benzene rings is 2. The van der Waals surface area contributed by atoms with Crippen LogP contribution in [0.3, 0.4) is 0 Å². The van der Waals surface area contributed by atoms with Crippen LogP contribution in [0, 0.1) is 12.3 Å². The Morgan fingerprint density at radius 3 is 2.44 bits per heavy atom. The van der Waals surface area contributed by atoms with E-state index < -0.39 is 0 Å². The van der Waals surface area contributed by atoms with Gasteiger partial charge in [0, 0.05) is 11.6 Å². The highest BCUT2D eigenvalue weighted by molar-refractivity contribution is 6.32. The molecule has 0 saturated carbocycles. The second-order valence-electron chi connectivity index (χ2n) is 5.06. The van der Waals surface area contributed by atoms with Crippen LogP contribution in [0.15, 0.2) is 36.4 Å². The molecule has 0 bridgehead atoms. The number of nitrogens with one attached hydrogen (secondary N) is 1. The monoisotopic (exact) mass is 399 g/mol. The van der Waals surface area contributed by atoms with Gasteiger partial charge in [0.2, 0.25) is 0 Å². The lowest BCUT2D eigenvalue weighted by molar-refractivity contribution is 0.269. The molecule has 0 saturated heterocycles. The Morgan fingerprint density at radius 1 is 1.08 bits per heavy atom. The molecular weight excluding hydrogens is 381 g/mol. The molecule has 0 fully saturated rings. The fourth-order valence-electron chi connectivity index (χ4n) is 2.14. The van der Waals surface area contributed by atoms with E-state index in [-0.39, 0.29) is 12.4 Å². The smallest absolute Gasteiger partial charge is 0.180 e. The minimum atomic E-state index is 0. The van der Waals surface area contributed by atoms with Gasteiger partial charge in [-0.3, -0.25) is 0 Å². The van der Waals surface area contributed by atoms with E-state index in [1.807, 2.05) is 43.3 Å². The first-order valence-corrected chi connectivity index (χ1v) is 8.36. The molecule has 2 aromatic carbocycles. The molecule has 1 N–H and O–H groups in total. The van der Waals surface area contributed by atoms with Gasteiger partial charge in [0.15, 0.2) is 11.5 Å². The van der Waals surface area contributed by atoms with Crippen molar-refractivity contribution >= 4 is 35.6 Å². The van der Waals surface area contributed by atoms with Gasteiger partial charge in [-0.1, -0.05) is 41.3 Å². The van der Waals surface area contributed by atoms with Crippen molar-refractivity contribution in [2.45, 2.75) is 20.1 Å². The Hall–Kier alpha value is -1.57. The third-order valence-corrected chi connectivity index (χ3v) is 3.75. The third kappa shape index (κ3) is 6.68. The minimum absolute atomic E-state index is 0.